The molecule has 0 atom stereocenters. The van der Waals surface area contributed by atoms with E-state index in [0.717, 1.165) is 64.7 Å². The third-order valence-corrected chi connectivity index (χ3v) is 5.02. The van der Waals surface area contributed by atoms with Gasteiger partial charge in [0.2, 0.25) is 0 Å². The highest BCUT2D eigenvalue weighted by Gasteiger charge is 2.09. The Morgan fingerprint density at radius 3 is 1.80 bits per heavy atom. The molecule has 0 aromatic carbocycles. The smallest absolute Gasteiger partial charge is 0.157 e. The van der Waals surface area contributed by atoms with E-state index >= 15 is 0 Å². The van der Waals surface area contributed by atoms with Crippen molar-refractivity contribution in [3.05, 3.63) is 24.3 Å². The summed E-state index contributed by atoms with van der Waals surface area (Å²) in [6, 6.07) is 0. The summed E-state index contributed by atoms with van der Waals surface area (Å²) in [5.74, 6) is 0. The Balaban J connectivity index is 3.88. The van der Waals surface area contributed by atoms with Crippen molar-refractivity contribution in [2.45, 2.75) is 110 Å². The van der Waals surface area contributed by atoms with Gasteiger partial charge in [0, 0.05) is 19.8 Å². The second-order valence-corrected chi connectivity index (χ2v) is 7.95. The van der Waals surface area contributed by atoms with Crippen molar-refractivity contribution in [1.29, 1.82) is 0 Å². The van der Waals surface area contributed by atoms with Crippen LogP contribution in [0.3, 0.4) is 0 Å². The maximum absolute atomic E-state index is 8.75. The Morgan fingerprint density at radius 2 is 1.23 bits per heavy atom. The largest absolute Gasteiger partial charge is 0.395 e. The Bertz CT molecular complexity index is 347. The summed E-state index contributed by atoms with van der Waals surface area (Å²) in [4.78, 5) is 0. The molecule has 0 rings (SSSR count). The molecule has 0 aliphatic carbocycles. The van der Waals surface area contributed by atoms with Gasteiger partial charge < -0.3 is 19.9 Å². The molecule has 0 saturated heterocycles. The lowest BCUT2D eigenvalue weighted by atomic mass is 10.1. The van der Waals surface area contributed by atoms with E-state index in [-0.39, 0.29) is 12.9 Å². The van der Waals surface area contributed by atoms with Gasteiger partial charge in [-0.1, -0.05) is 57.4 Å². The van der Waals surface area contributed by atoms with Gasteiger partial charge in [-0.2, -0.15) is 0 Å². The van der Waals surface area contributed by atoms with Crippen LogP contribution < -0.4 is 5.32 Å². The third-order valence-electron chi connectivity index (χ3n) is 5.02. The van der Waals surface area contributed by atoms with E-state index in [1.54, 1.807) is 0 Å². The van der Waals surface area contributed by atoms with Crippen LogP contribution in [0, 0.1) is 0 Å². The van der Waals surface area contributed by atoms with Gasteiger partial charge in [0.05, 0.1) is 6.61 Å². The molecule has 30 heavy (non-hydrogen) atoms. The first-order valence-electron chi connectivity index (χ1n) is 12.7. The van der Waals surface area contributed by atoms with E-state index in [4.69, 9.17) is 14.6 Å². The van der Waals surface area contributed by atoms with Crippen LogP contribution >= 0.6 is 0 Å². The van der Waals surface area contributed by atoms with Gasteiger partial charge in [-0.15, -0.1) is 0 Å². The van der Waals surface area contributed by atoms with Gasteiger partial charge in [0.15, 0.2) is 6.29 Å². The van der Waals surface area contributed by atoms with Crippen molar-refractivity contribution in [2.75, 3.05) is 32.9 Å². The summed E-state index contributed by atoms with van der Waals surface area (Å²) in [6.45, 7) is 7.91. The van der Waals surface area contributed by atoms with E-state index < -0.39 is 0 Å². The Labute approximate surface area is 187 Å². The van der Waals surface area contributed by atoms with Crippen LogP contribution in [0.25, 0.3) is 0 Å². The van der Waals surface area contributed by atoms with Gasteiger partial charge >= 0.3 is 0 Å². The molecule has 178 valence electrons. The Kier molecular flexibility index (Phi) is 25.8. The molecular formula is C26H51NO3. The molecule has 0 spiro atoms. The highest BCUT2D eigenvalue weighted by molar-refractivity contribution is 4.80. The van der Waals surface area contributed by atoms with E-state index in [1.807, 2.05) is 0 Å². The molecule has 2 N–H and O–H groups in total. The summed E-state index contributed by atoms with van der Waals surface area (Å²) >= 11 is 0. The number of rotatable bonds is 24. The molecule has 0 unspecified atom stereocenters. The quantitative estimate of drug-likeness (QED) is 0.105. The number of ether oxygens (including phenoxy) is 2. The number of unbranched alkanes of at least 4 members (excludes halogenated alkanes) is 8. The van der Waals surface area contributed by atoms with E-state index in [1.165, 1.54) is 44.9 Å². The van der Waals surface area contributed by atoms with Crippen LogP contribution in [-0.2, 0) is 9.47 Å². The predicted octanol–water partition coefficient (Wildman–Crippen LogP) is 6.54. The number of allylic oxidation sites excluding steroid dienone is 4. The molecule has 0 radical (unpaired) electrons. The summed E-state index contributed by atoms with van der Waals surface area (Å²) in [5, 5.41) is 12.0. The van der Waals surface area contributed by atoms with E-state index in [9.17, 15) is 0 Å². The number of aliphatic hydroxyl groups excluding tert-OH is 1. The van der Waals surface area contributed by atoms with Crippen molar-refractivity contribution in [1.82, 2.24) is 5.32 Å². The van der Waals surface area contributed by atoms with Crippen molar-refractivity contribution in [3.8, 4) is 0 Å². The number of hydrogen-bond donors (Lipinski definition) is 2. The van der Waals surface area contributed by atoms with Gasteiger partial charge in [0.25, 0.3) is 0 Å². The average molecular weight is 426 g/mol. The zero-order chi connectivity index (χ0) is 22.0. The molecule has 0 aromatic heterocycles. The lowest BCUT2D eigenvalue weighted by molar-refractivity contribution is -0.147. The highest BCUT2D eigenvalue weighted by Crippen LogP contribution is 2.13. The first kappa shape index (κ1) is 29.3. The second-order valence-electron chi connectivity index (χ2n) is 7.95. The third kappa shape index (κ3) is 23.6. The summed E-state index contributed by atoms with van der Waals surface area (Å²) in [5.41, 5.74) is 0. The molecule has 0 amide bonds. The Hall–Kier alpha value is -0.680. The first-order valence-corrected chi connectivity index (χ1v) is 12.7. The van der Waals surface area contributed by atoms with Crippen molar-refractivity contribution in [2.24, 2.45) is 0 Å². The molecule has 4 heteroatoms. The molecule has 0 heterocycles. The van der Waals surface area contributed by atoms with Crippen molar-refractivity contribution in [3.63, 3.8) is 0 Å². The van der Waals surface area contributed by atoms with E-state index in [0.29, 0.717) is 6.54 Å². The lowest BCUT2D eigenvalue weighted by Gasteiger charge is -2.19. The summed E-state index contributed by atoms with van der Waals surface area (Å²) in [7, 11) is 0. The fourth-order valence-corrected chi connectivity index (χ4v) is 3.24. The van der Waals surface area contributed by atoms with Gasteiger partial charge in [-0.05, 0) is 77.2 Å². The van der Waals surface area contributed by atoms with Crippen LogP contribution in [0.1, 0.15) is 104 Å². The maximum atomic E-state index is 8.75. The van der Waals surface area contributed by atoms with E-state index in [2.05, 4.69) is 43.5 Å². The SMILES string of the molecule is CC/C=C\CCCCOC(CCCCCCCNCCO)OCCCC/C=C\CC. The lowest BCUT2D eigenvalue weighted by Crippen LogP contribution is -2.19. The predicted molar refractivity (Wildman–Crippen MR) is 130 cm³/mol. The average Bonchev–Trinajstić information content (AvgIpc) is 2.76. The molecule has 0 aliphatic rings. The van der Waals surface area contributed by atoms with Crippen LogP contribution in [0.2, 0.25) is 0 Å². The second kappa shape index (κ2) is 26.4. The molecule has 0 fully saturated rings. The minimum absolute atomic E-state index is 0.0337. The van der Waals surface area contributed by atoms with Crippen LogP contribution in [0.5, 0.6) is 0 Å². The molecule has 0 bridgehead atoms. The minimum Gasteiger partial charge on any atom is -0.395 e. The highest BCUT2D eigenvalue weighted by atomic mass is 16.7. The summed E-state index contributed by atoms with van der Waals surface area (Å²) < 4.78 is 12.1. The van der Waals surface area contributed by atoms with Crippen LogP contribution in [0.15, 0.2) is 24.3 Å². The first-order chi connectivity index (χ1) is 14.8. The van der Waals surface area contributed by atoms with Crippen molar-refractivity contribution >= 4 is 0 Å². The topological polar surface area (TPSA) is 50.7 Å². The van der Waals surface area contributed by atoms with Gasteiger partial charge in [0.1, 0.15) is 0 Å². The fraction of sp³-hybridized carbons (Fsp3) is 0.846. The van der Waals surface area contributed by atoms with Crippen LogP contribution in [0.4, 0.5) is 0 Å². The number of nitrogens with one attached hydrogen (secondary N) is 1. The number of aliphatic hydroxyl groups is 1. The zero-order valence-corrected chi connectivity index (χ0v) is 20.1. The summed E-state index contributed by atoms with van der Waals surface area (Å²) in [6.07, 6.45) is 25.3. The van der Waals surface area contributed by atoms with Gasteiger partial charge in [-0.3, -0.25) is 0 Å². The standard InChI is InChI=1S/C26H51NO3/c1-3-5-7-9-14-18-24-29-26(30-25-19-15-10-8-6-4-2)20-16-12-11-13-17-21-27-22-23-28/h5-8,26-28H,3-4,9-25H2,1-2H3/b7-5-,8-6-. The normalized spacial score (nSPS) is 12.1. The maximum Gasteiger partial charge on any atom is 0.157 e. The fourth-order valence-electron chi connectivity index (χ4n) is 3.24. The van der Waals surface area contributed by atoms with Crippen LogP contribution in [-0.4, -0.2) is 44.3 Å². The molecule has 0 aliphatic heterocycles. The number of hydrogen-bond acceptors (Lipinski definition) is 4. The molecule has 4 nitrogen and oxygen atoms in total. The zero-order valence-electron chi connectivity index (χ0n) is 20.1. The molecule has 0 saturated carbocycles. The molecule has 0 aromatic rings. The Morgan fingerprint density at radius 1 is 0.667 bits per heavy atom. The van der Waals surface area contributed by atoms with Gasteiger partial charge in [-0.25, -0.2) is 0 Å². The monoisotopic (exact) mass is 425 g/mol. The molecular weight excluding hydrogens is 374 g/mol. The van der Waals surface area contributed by atoms with Crippen molar-refractivity contribution < 1.29 is 14.6 Å². The minimum atomic E-state index is -0.0337.